The van der Waals surface area contributed by atoms with E-state index in [4.69, 9.17) is 0 Å². The van der Waals surface area contributed by atoms with Gasteiger partial charge in [0.05, 0.1) is 6.42 Å². The molecule has 5 rings (SSSR count). The van der Waals surface area contributed by atoms with Crippen molar-refractivity contribution in [1.82, 2.24) is 20.4 Å². The number of rotatable bonds is 11. The Balaban J connectivity index is 1.09. The van der Waals surface area contributed by atoms with Crippen molar-refractivity contribution >= 4 is 62.0 Å². The van der Waals surface area contributed by atoms with Crippen LogP contribution in [0, 0.1) is 0 Å². The molecule has 1 fully saturated rings. The first-order valence-electron chi connectivity index (χ1n) is 14.2. The maximum Gasteiger partial charge on any atom is 0.230 e. The minimum atomic E-state index is -0.160. The summed E-state index contributed by atoms with van der Waals surface area (Å²) in [5, 5.41) is 32.6. The Morgan fingerprint density at radius 1 is 0.721 bits per heavy atom. The van der Waals surface area contributed by atoms with E-state index >= 15 is 0 Å². The third-order valence-electron chi connectivity index (χ3n) is 7.10. The van der Waals surface area contributed by atoms with Crippen LogP contribution in [0.15, 0.2) is 48.5 Å². The zero-order valence-electron chi connectivity index (χ0n) is 24.1. The zero-order chi connectivity index (χ0) is 30.2. The third kappa shape index (κ3) is 8.88. The van der Waals surface area contributed by atoms with Gasteiger partial charge in [0.25, 0.3) is 0 Å². The van der Waals surface area contributed by atoms with Gasteiger partial charge in [-0.3, -0.25) is 14.4 Å². The average Bonchev–Trinajstić information content (AvgIpc) is 3.65. The van der Waals surface area contributed by atoms with Crippen LogP contribution in [0.2, 0.25) is 0 Å². The molecular weight excluding hydrogens is 585 g/mol. The van der Waals surface area contributed by atoms with Gasteiger partial charge in [-0.1, -0.05) is 53.4 Å². The maximum atomic E-state index is 12.6. The largest absolute Gasteiger partial charge is 0.360 e. The standard InChI is InChI=1S/C30H34N8O3S2/c1-18(39)32-24-10-6-20(7-11-24)14-15-31-29-37-35-27(42-29)22-4-3-5-23(17-22)28-36-38-30(43-28)34-26(41)16-21-8-12-25(13-9-21)33-19(2)40/h6-13,22-23H,3-5,14-17H2,1-2H3,(H,31,37)(H,32,39)(H,33,40)(H,34,38,41)/t22-,23-/m0/s1. The number of amides is 3. The van der Waals surface area contributed by atoms with Gasteiger partial charge in [-0.15, -0.1) is 20.4 Å². The van der Waals surface area contributed by atoms with Crippen LogP contribution in [-0.2, 0) is 27.2 Å². The Morgan fingerprint density at radius 3 is 1.84 bits per heavy atom. The molecule has 0 spiro atoms. The quantitative estimate of drug-likeness (QED) is 0.170. The van der Waals surface area contributed by atoms with E-state index < -0.39 is 0 Å². The maximum absolute atomic E-state index is 12.6. The van der Waals surface area contributed by atoms with E-state index in [1.54, 1.807) is 23.5 Å². The van der Waals surface area contributed by atoms with Gasteiger partial charge >= 0.3 is 0 Å². The number of anilines is 4. The molecule has 1 aliphatic rings. The van der Waals surface area contributed by atoms with Crippen molar-refractivity contribution < 1.29 is 14.4 Å². The van der Waals surface area contributed by atoms with Crippen LogP contribution in [0.4, 0.5) is 21.6 Å². The zero-order valence-corrected chi connectivity index (χ0v) is 25.7. The molecule has 43 heavy (non-hydrogen) atoms. The number of aromatic nitrogens is 4. The van der Waals surface area contributed by atoms with E-state index in [2.05, 4.69) is 41.7 Å². The first-order chi connectivity index (χ1) is 20.8. The molecule has 2 atom stereocenters. The lowest BCUT2D eigenvalue weighted by molar-refractivity contribution is -0.116. The van der Waals surface area contributed by atoms with Crippen molar-refractivity contribution in [2.24, 2.45) is 0 Å². The summed E-state index contributed by atoms with van der Waals surface area (Å²) < 4.78 is 0. The van der Waals surface area contributed by atoms with Gasteiger partial charge in [-0.05, 0) is 61.1 Å². The molecular formula is C30H34N8O3S2. The summed E-state index contributed by atoms with van der Waals surface area (Å²) in [5.74, 6) is 0.207. The summed E-state index contributed by atoms with van der Waals surface area (Å²) in [7, 11) is 0. The Hall–Kier alpha value is -4.23. The molecule has 13 heteroatoms. The molecule has 11 nitrogen and oxygen atoms in total. The van der Waals surface area contributed by atoms with E-state index in [-0.39, 0.29) is 30.1 Å². The fourth-order valence-electron chi connectivity index (χ4n) is 5.09. The summed E-state index contributed by atoms with van der Waals surface area (Å²) in [5.41, 5.74) is 3.50. The number of hydrogen-bond donors (Lipinski definition) is 4. The number of nitrogens with one attached hydrogen (secondary N) is 4. The fraction of sp³-hybridized carbons (Fsp3) is 0.367. The summed E-state index contributed by atoms with van der Waals surface area (Å²) >= 11 is 3.04. The minimum Gasteiger partial charge on any atom is -0.360 e. The van der Waals surface area contributed by atoms with Gasteiger partial charge in [0.2, 0.25) is 28.0 Å². The molecule has 0 saturated heterocycles. The van der Waals surface area contributed by atoms with Crippen LogP contribution >= 0.6 is 22.7 Å². The normalized spacial score (nSPS) is 16.3. The summed E-state index contributed by atoms with van der Waals surface area (Å²) in [6, 6.07) is 15.0. The lowest BCUT2D eigenvalue weighted by atomic mass is 9.82. The summed E-state index contributed by atoms with van der Waals surface area (Å²) in [4.78, 5) is 35.0. The van der Waals surface area contributed by atoms with Crippen molar-refractivity contribution in [2.45, 2.75) is 64.2 Å². The van der Waals surface area contributed by atoms with Gasteiger partial charge in [0, 0.05) is 43.6 Å². The first kappa shape index (κ1) is 30.2. The molecule has 0 radical (unpaired) electrons. The summed E-state index contributed by atoms with van der Waals surface area (Å²) in [6.45, 7) is 3.69. The van der Waals surface area contributed by atoms with E-state index in [9.17, 15) is 14.4 Å². The highest BCUT2D eigenvalue weighted by molar-refractivity contribution is 7.15. The first-order valence-corrected chi connectivity index (χ1v) is 15.9. The fourth-order valence-corrected chi connectivity index (χ4v) is 6.91. The Morgan fingerprint density at radius 2 is 1.26 bits per heavy atom. The monoisotopic (exact) mass is 618 g/mol. The Labute approximate surface area is 257 Å². The van der Waals surface area contributed by atoms with E-state index in [1.165, 1.54) is 30.7 Å². The van der Waals surface area contributed by atoms with Gasteiger partial charge < -0.3 is 21.3 Å². The molecule has 3 amide bonds. The number of benzene rings is 2. The SMILES string of the molecule is CC(=O)Nc1ccc(CCNc2nnc([C@H]3CCC[C@H](c4nnc(NC(=O)Cc5ccc(NC(C)=O)cc5)s4)C3)s2)cc1. The smallest absolute Gasteiger partial charge is 0.230 e. The van der Waals surface area contributed by atoms with Crippen molar-refractivity contribution in [3.8, 4) is 0 Å². The van der Waals surface area contributed by atoms with Crippen LogP contribution in [-0.4, -0.2) is 44.7 Å². The molecule has 1 saturated carbocycles. The molecule has 4 N–H and O–H groups in total. The molecule has 2 aromatic carbocycles. The van der Waals surface area contributed by atoms with E-state index in [0.717, 1.165) is 65.0 Å². The Bertz CT molecular complexity index is 1550. The predicted molar refractivity (Wildman–Crippen MR) is 170 cm³/mol. The molecule has 0 unspecified atom stereocenters. The third-order valence-corrected chi connectivity index (χ3v) is 9.15. The number of hydrogen-bond acceptors (Lipinski definition) is 10. The highest BCUT2D eigenvalue weighted by atomic mass is 32.1. The van der Waals surface area contributed by atoms with Crippen molar-refractivity contribution in [3.05, 3.63) is 69.7 Å². The molecule has 2 heterocycles. The number of carbonyl (C=O) groups is 3. The number of nitrogens with zero attached hydrogens (tertiary/aromatic N) is 4. The van der Waals surface area contributed by atoms with Gasteiger partial charge in [0.15, 0.2) is 0 Å². The van der Waals surface area contributed by atoms with Gasteiger partial charge in [-0.25, -0.2) is 0 Å². The second-order valence-electron chi connectivity index (χ2n) is 10.6. The molecule has 2 aromatic heterocycles. The molecule has 0 bridgehead atoms. The Kier molecular flexibility index (Phi) is 10.1. The molecule has 224 valence electrons. The minimum absolute atomic E-state index is 0.0803. The van der Waals surface area contributed by atoms with Gasteiger partial charge in [-0.2, -0.15) is 0 Å². The van der Waals surface area contributed by atoms with E-state index in [1.807, 2.05) is 36.4 Å². The molecule has 1 aliphatic carbocycles. The highest BCUT2D eigenvalue weighted by Gasteiger charge is 2.29. The van der Waals surface area contributed by atoms with Crippen molar-refractivity contribution in [3.63, 3.8) is 0 Å². The topological polar surface area (TPSA) is 151 Å². The second-order valence-corrected chi connectivity index (χ2v) is 12.6. The van der Waals surface area contributed by atoms with E-state index in [0.29, 0.717) is 16.7 Å². The van der Waals surface area contributed by atoms with Crippen molar-refractivity contribution in [2.75, 3.05) is 27.8 Å². The van der Waals surface area contributed by atoms with Crippen molar-refractivity contribution in [1.29, 1.82) is 0 Å². The molecule has 0 aliphatic heterocycles. The van der Waals surface area contributed by atoms with Crippen LogP contribution < -0.4 is 21.3 Å². The van der Waals surface area contributed by atoms with Gasteiger partial charge in [0.1, 0.15) is 10.0 Å². The predicted octanol–water partition coefficient (Wildman–Crippen LogP) is 5.58. The average molecular weight is 619 g/mol. The number of carbonyl (C=O) groups excluding carboxylic acids is 3. The van der Waals surface area contributed by atoms with Crippen LogP contribution in [0.3, 0.4) is 0 Å². The van der Waals surface area contributed by atoms with Crippen LogP contribution in [0.25, 0.3) is 0 Å². The summed E-state index contributed by atoms with van der Waals surface area (Å²) in [6.07, 6.45) is 5.14. The lowest BCUT2D eigenvalue weighted by Gasteiger charge is -2.25. The highest BCUT2D eigenvalue weighted by Crippen LogP contribution is 2.43. The molecule has 4 aromatic rings. The van der Waals surface area contributed by atoms with Crippen LogP contribution in [0.5, 0.6) is 0 Å². The second kappa shape index (κ2) is 14.3. The lowest BCUT2D eigenvalue weighted by Crippen LogP contribution is -2.14. The van der Waals surface area contributed by atoms with Crippen LogP contribution in [0.1, 0.15) is 72.5 Å².